The van der Waals surface area contributed by atoms with Crippen LogP contribution in [0.4, 0.5) is 0 Å². The van der Waals surface area contributed by atoms with E-state index in [-0.39, 0.29) is 28.9 Å². The van der Waals surface area contributed by atoms with Gasteiger partial charge < -0.3 is 19.7 Å². The van der Waals surface area contributed by atoms with Crippen LogP contribution in [0.1, 0.15) is 38.1 Å². The summed E-state index contributed by atoms with van der Waals surface area (Å²) in [4.78, 5) is 26.2. The summed E-state index contributed by atoms with van der Waals surface area (Å²) in [5.74, 6) is 0.210. The molecule has 1 aromatic carbocycles. The minimum Gasteiger partial charge on any atom is -0.493 e. The highest BCUT2D eigenvalue weighted by molar-refractivity contribution is 6.32. The lowest BCUT2D eigenvalue weighted by molar-refractivity contribution is -0.123. The number of likely N-dealkylation sites (N-methyl/N-ethyl adjacent to an activating group) is 1. The highest BCUT2D eigenvalue weighted by Gasteiger charge is 2.22. The van der Waals surface area contributed by atoms with Crippen LogP contribution in [-0.2, 0) is 4.79 Å². The van der Waals surface area contributed by atoms with E-state index in [1.165, 1.54) is 25.2 Å². The molecule has 0 heterocycles. The number of amides is 2. The Kier molecular flexibility index (Phi) is 6.90. The predicted molar refractivity (Wildman–Crippen MR) is 94.0 cm³/mol. The normalized spacial score (nSPS) is 11.0. The molecule has 0 saturated heterocycles. The second-order valence-corrected chi connectivity index (χ2v) is 6.72. The van der Waals surface area contributed by atoms with E-state index in [1.807, 2.05) is 27.7 Å². The fraction of sp³-hybridized carbons (Fsp3) is 0.529. The van der Waals surface area contributed by atoms with Crippen molar-refractivity contribution in [3.05, 3.63) is 22.7 Å². The lowest BCUT2D eigenvalue weighted by atomic mass is 10.1. The van der Waals surface area contributed by atoms with E-state index in [1.54, 1.807) is 6.07 Å². The van der Waals surface area contributed by atoms with Gasteiger partial charge in [-0.2, -0.15) is 0 Å². The number of ether oxygens (including phenoxy) is 2. The molecule has 1 rings (SSSR count). The maximum atomic E-state index is 12.7. The molecule has 0 saturated carbocycles. The van der Waals surface area contributed by atoms with Crippen molar-refractivity contribution in [3.63, 3.8) is 0 Å². The summed E-state index contributed by atoms with van der Waals surface area (Å²) >= 11 is 6.14. The van der Waals surface area contributed by atoms with Gasteiger partial charge >= 0.3 is 0 Å². The van der Waals surface area contributed by atoms with Gasteiger partial charge in [0.1, 0.15) is 0 Å². The first kappa shape index (κ1) is 20.1. The zero-order valence-corrected chi connectivity index (χ0v) is 15.8. The molecule has 134 valence electrons. The third-order valence-electron chi connectivity index (χ3n) is 3.20. The molecule has 0 aliphatic heterocycles. The minimum atomic E-state index is -0.355. The average molecular weight is 357 g/mol. The van der Waals surface area contributed by atoms with Crippen LogP contribution in [0, 0.1) is 0 Å². The molecule has 0 radical (unpaired) electrons. The van der Waals surface area contributed by atoms with Crippen molar-refractivity contribution < 1.29 is 19.1 Å². The Morgan fingerprint density at radius 2 is 1.83 bits per heavy atom. The number of rotatable bonds is 6. The van der Waals surface area contributed by atoms with Crippen molar-refractivity contribution >= 4 is 23.4 Å². The largest absolute Gasteiger partial charge is 0.493 e. The molecule has 2 amide bonds. The van der Waals surface area contributed by atoms with Gasteiger partial charge in [0.2, 0.25) is 5.91 Å². The van der Waals surface area contributed by atoms with Crippen LogP contribution in [-0.4, -0.2) is 49.6 Å². The first-order valence-corrected chi connectivity index (χ1v) is 8.02. The molecule has 0 bridgehead atoms. The summed E-state index contributed by atoms with van der Waals surface area (Å²) in [5.41, 5.74) is -0.0188. The standard InChI is InChI=1S/C17H25ClN2O4/c1-7-20(10-14(21)19-17(2,3)4)16(22)11-8-12(18)15(24-6)13(9-11)23-5/h8-9H,7,10H2,1-6H3,(H,19,21). The van der Waals surface area contributed by atoms with E-state index in [4.69, 9.17) is 21.1 Å². The highest BCUT2D eigenvalue weighted by atomic mass is 35.5. The fourth-order valence-corrected chi connectivity index (χ4v) is 2.47. The first-order chi connectivity index (χ1) is 11.1. The molecule has 7 heteroatoms. The third-order valence-corrected chi connectivity index (χ3v) is 3.48. The molecule has 0 aromatic heterocycles. The van der Waals surface area contributed by atoms with E-state index in [2.05, 4.69) is 5.32 Å². The molecule has 6 nitrogen and oxygen atoms in total. The Balaban J connectivity index is 3.02. The maximum Gasteiger partial charge on any atom is 0.254 e. The fourth-order valence-electron chi connectivity index (χ4n) is 2.18. The highest BCUT2D eigenvalue weighted by Crippen LogP contribution is 2.36. The van der Waals surface area contributed by atoms with Gasteiger partial charge in [-0.1, -0.05) is 11.6 Å². The van der Waals surface area contributed by atoms with Gasteiger partial charge in [0.05, 0.1) is 25.8 Å². The minimum absolute atomic E-state index is 0.0292. The molecule has 1 aromatic rings. The van der Waals surface area contributed by atoms with E-state index < -0.39 is 0 Å². The lowest BCUT2D eigenvalue weighted by Gasteiger charge is -2.25. The van der Waals surface area contributed by atoms with Gasteiger partial charge in [0.15, 0.2) is 11.5 Å². The average Bonchev–Trinajstić information content (AvgIpc) is 2.49. The number of benzene rings is 1. The van der Waals surface area contributed by atoms with E-state index >= 15 is 0 Å². The van der Waals surface area contributed by atoms with Crippen LogP contribution in [0.2, 0.25) is 5.02 Å². The number of hydrogen-bond acceptors (Lipinski definition) is 4. The molecule has 0 aliphatic rings. The van der Waals surface area contributed by atoms with Crippen LogP contribution in [0.25, 0.3) is 0 Å². The summed E-state index contributed by atoms with van der Waals surface area (Å²) in [6.07, 6.45) is 0. The van der Waals surface area contributed by atoms with Gasteiger partial charge in [-0.3, -0.25) is 9.59 Å². The second kappa shape index (κ2) is 8.24. The van der Waals surface area contributed by atoms with Crippen molar-refractivity contribution in [2.45, 2.75) is 33.2 Å². The molecule has 0 unspecified atom stereocenters. The molecule has 0 spiro atoms. The Morgan fingerprint density at radius 1 is 1.21 bits per heavy atom. The zero-order valence-electron chi connectivity index (χ0n) is 15.0. The van der Waals surface area contributed by atoms with Crippen LogP contribution >= 0.6 is 11.6 Å². The summed E-state index contributed by atoms with van der Waals surface area (Å²) in [6.45, 7) is 7.83. The number of carbonyl (C=O) groups excluding carboxylic acids is 2. The number of nitrogens with one attached hydrogen (secondary N) is 1. The lowest BCUT2D eigenvalue weighted by Crippen LogP contribution is -2.47. The van der Waals surface area contributed by atoms with Crippen LogP contribution < -0.4 is 14.8 Å². The van der Waals surface area contributed by atoms with Crippen molar-refractivity contribution in [1.29, 1.82) is 0 Å². The predicted octanol–water partition coefficient (Wildman–Crippen LogP) is 2.73. The molecular weight excluding hydrogens is 332 g/mol. The van der Waals surface area contributed by atoms with E-state index in [0.717, 1.165) is 0 Å². The number of halogens is 1. The van der Waals surface area contributed by atoms with Crippen molar-refractivity contribution in [2.24, 2.45) is 0 Å². The number of methoxy groups -OCH3 is 2. The molecule has 1 N–H and O–H groups in total. The second-order valence-electron chi connectivity index (χ2n) is 6.31. The molecular formula is C17H25ClN2O4. The summed E-state index contributed by atoms with van der Waals surface area (Å²) in [6, 6.07) is 3.06. The van der Waals surface area contributed by atoms with Crippen LogP contribution in [0.3, 0.4) is 0 Å². The summed E-state index contributed by atoms with van der Waals surface area (Å²) in [7, 11) is 2.94. The first-order valence-electron chi connectivity index (χ1n) is 7.64. The SMILES string of the molecule is CCN(CC(=O)NC(C)(C)C)C(=O)c1cc(Cl)c(OC)c(OC)c1. The Bertz CT molecular complexity index is 611. The topological polar surface area (TPSA) is 67.9 Å². The van der Waals surface area contributed by atoms with Crippen molar-refractivity contribution in [3.8, 4) is 11.5 Å². The monoisotopic (exact) mass is 356 g/mol. The van der Waals surface area contributed by atoms with E-state index in [9.17, 15) is 9.59 Å². The Hall–Kier alpha value is -1.95. The van der Waals surface area contributed by atoms with Gasteiger partial charge in [-0.05, 0) is 39.8 Å². The molecule has 0 aliphatic carbocycles. The van der Waals surface area contributed by atoms with Gasteiger partial charge in [-0.25, -0.2) is 0 Å². The molecule has 0 atom stereocenters. The quantitative estimate of drug-likeness (QED) is 0.851. The zero-order chi connectivity index (χ0) is 18.5. The molecule has 24 heavy (non-hydrogen) atoms. The number of nitrogens with zero attached hydrogens (tertiary/aromatic N) is 1. The van der Waals surface area contributed by atoms with Crippen molar-refractivity contribution in [1.82, 2.24) is 10.2 Å². The van der Waals surface area contributed by atoms with Gasteiger partial charge in [0, 0.05) is 17.6 Å². The van der Waals surface area contributed by atoms with Crippen LogP contribution in [0.15, 0.2) is 12.1 Å². The van der Waals surface area contributed by atoms with Crippen LogP contribution in [0.5, 0.6) is 11.5 Å². The number of hydrogen-bond donors (Lipinski definition) is 1. The smallest absolute Gasteiger partial charge is 0.254 e. The van der Waals surface area contributed by atoms with E-state index in [0.29, 0.717) is 23.6 Å². The Morgan fingerprint density at radius 3 is 2.29 bits per heavy atom. The summed E-state index contributed by atoms with van der Waals surface area (Å²) < 4.78 is 10.4. The summed E-state index contributed by atoms with van der Waals surface area (Å²) in [5, 5.41) is 3.11. The molecule has 0 fully saturated rings. The Labute approximate surface area is 148 Å². The number of carbonyl (C=O) groups is 2. The maximum absolute atomic E-state index is 12.7. The van der Waals surface area contributed by atoms with Gasteiger partial charge in [-0.15, -0.1) is 0 Å². The van der Waals surface area contributed by atoms with Crippen molar-refractivity contribution in [2.75, 3.05) is 27.3 Å². The van der Waals surface area contributed by atoms with Gasteiger partial charge in [0.25, 0.3) is 5.91 Å². The third kappa shape index (κ3) is 5.30.